The van der Waals surface area contributed by atoms with E-state index in [1.54, 1.807) is 30.9 Å². The molecule has 0 radical (unpaired) electrons. The van der Waals surface area contributed by atoms with Crippen LogP contribution in [0.4, 0.5) is 10.5 Å². The number of urea groups is 1. The largest absolute Gasteiger partial charge is 0.370 e. The van der Waals surface area contributed by atoms with Crippen molar-refractivity contribution < 1.29 is 4.79 Å². The summed E-state index contributed by atoms with van der Waals surface area (Å²) in [7, 11) is 1.55. The fraction of sp³-hybridized carbons (Fsp3) is 0.200. The topological polar surface area (TPSA) is 84.7 Å². The summed E-state index contributed by atoms with van der Waals surface area (Å²) in [6.07, 6.45) is 1.94. The van der Waals surface area contributed by atoms with Crippen molar-refractivity contribution in [1.29, 1.82) is 0 Å². The molecular formula is C10H13ClN4OS. The van der Waals surface area contributed by atoms with E-state index in [1.807, 2.05) is 12.3 Å². The Morgan fingerprint density at radius 1 is 1.47 bits per heavy atom. The number of guanidine groups is 1. The van der Waals surface area contributed by atoms with Gasteiger partial charge in [-0.2, -0.15) is 4.99 Å². The lowest BCUT2D eigenvalue weighted by molar-refractivity contribution is 0.255. The Labute approximate surface area is 109 Å². The Bertz CT molecular complexity index is 460. The third-order valence-electron chi connectivity index (χ3n) is 2.03. The lowest BCUT2D eigenvalue weighted by atomic mass is 10.3. The van der Waals surface area contributed by atoms with E-state index < -0.39 is 6.03 Å². The fourth-order valence-corrected chi connectivity index (χ4v) is 1.99. The molecule has 1 rings (SSSR count). The molecule has 4 N–H and O–H groups in total. The number of benzene rings is 1. The van der Waals surface area contributed by atoms with Gasteiger partial charge in [-0.15, -0.1) is 11.8 Å². The number of aliphatic imine (C=N–C) groups is 1. The molecule has 0 fully saturated rings. The lowest BCUT2D eigenvalue weighted by Crippen LogP contribution is -2.30. The van der Waals surface area contributed by atoms with Gasteiger partial charge < -0.3 is 11.5 Å². The summed E-state index contributed by atoms with van der Waals surface area (Å²) in [4.78, 5) is 17.3. The summed E-state index contributed by atoms with van der Waals surface area (Å²) in [6.45, 7) is 0. The van der Waals surface area contributed by atoms with Crippen LogP contribution < -0.4 is 16.4 Å². The molecule has 5 nitrogen and oxygen atoms in total. The molecule has 2 amide bonds. The highest BCUT2D eigenvalue weighted by molar-refractivity contribution is 7.98. The summed E-state index contributed by atoms with van der Waals surface area (Å²) in [6, 6.07) is 4.82. The van der Waals surface area contributed by atoms with E-state index in [0.717, 1.165) is 4.90 Å². The van der Waals surface area contributed by atoms with Crippen LogP contribution in [0.2, 0.25) is 5.02 Å². The average molecular weight is 273 g/mol. The van der Waals surface area contributed by atoms with Crippen LogP contribution in [0.1, 0.15) is 0 Å². The maximum Gasteiger partial charge on any atom is 0.351 e. The second-order valence-electron chi connectivity index (χ2n) is 3.20. The number of halogens is 1. The van der Waals surface area contributed by atoms with Crippen LogP contribution in [-0.4, -0.2) is 25.3 Å². The first-order valence-electron chi connectivity index (χ1n) is 4.66. The van der Waals surface area contributed by atoms with E-state index >= 15 is 0 Å². The average Bonchev–Trinajstić information content (AvgIpc) is 2.27. The molecule has 0 aliphatic carbocycles. The van der Waals surface area contributed by atoms with Gasteiger partial charge in [0.15, 0.2) is 5.96 Å². The van der Waals surface area contributed by atoms with Crippen molar-refractivity contribution in [1.82, 2.24) is 0 Å². The molecule has 1 aromatic carbocycles. The van der Waals surface area contributed by atoms with Crippen molar-refractivity contribution in [3.05, 3.63) is 23.2 Å². The summed E-state index contributed by atoms with van der Waals surface area (Å²) < 4.78 is 0. The summed E-state index contributed by atoms with van der Waals surface area (Å²) >= 11 is 7.63. The minimum atomic E-state index is -0.566. The van der Waals surface area contributed by atoms with E-state index in [4.69, 9.17) is 23.1 Å². The van der Waals surface area contributed by atoms with Crippen LogP contribution in [0.25, 0.3) is 0 Å². The number of hydrogen-bond acceptors (Lipinski definition) is 2. The first-order valence-corrected chi connectivity index (χ1v) is 6.27. The smallest absolute Gasteiger partial charge is 0.351 e. The molecule has 0 heterocycles. The maximum atomic E-state index is 11.6. The number of carbonyl (C=O) groups excluding carboxylic acids is 1. The van der Waals surface area contributed by atoms with E-state index in [-0.39, 0.29) is 5.96 Å². The van der Waals surface area contributed by atoms with Gasteiger partial charge in [0.25, 0.3) is 0 Å². The van der Waals surface area contributed by atoms with Gasteiger partial charge in [-0.05, 0) is 24.5 Å². The zero-order valence-corrected chi connectivity index (χ0v) is 11.0. The zero-order chi connectivity index (χ0) is 13.0. The van der Waals surface area contributed by atoms with E-state index in [9.17, 15) is 4.79 Å². The predicted octanol–water partition coefficient (Wildman–Crippen LogP) is 1.89. The first kappa shape index (κ1) is 13.7. The molecule has 0 aliphatic heterocycles. The highest BCUT2D eigenvalue weighted by Crippen LogP contribution is 2.29. The van der Waals surface area contributed by atoms with Gasteiger partial charge in [-0.25, -0.2) is 4.79 Å². The normalized spacial score (nSPS) is 9.82. The van der Waals surface area contributed by atoms with E-state index in [1.165, 1.54) is 4.90 Å². The van der Waals surface area contributed by atoms with Crippen molar-refractivity contribution in [2.75, 3.05) is 18.2 Å². The van der Waals surface area contributed by atoms with Crippen LogP contribution in [0, 0.1) is 0 Å². The number of nitrogens with two attached hydrogens (primary N) is 2. The molecular weight excluding hydrogens is 260 g/mol. The number of amides is 2. The summed E-state index contributed by atoms with van der Waals surface area (Å²) in [5, 5.41) is 0.471. The molecule has 0 atom stereocenters. The van der Waals surface area contributed by atoms with Crippen LogP contribution in [0.3, 0.4) is 0 Å². The van der Waals surface area contributed by atoms with Crippen LogP contribution in [-0.2, 0) is 0 Å². The standard InChI is InChI=1S/C10H13ClN4OS/c1-15(10(16)14-9(12)13)8-4-3-6(17-2)5-7(8)11/h3-5H,1-2H3,(H4,12,13,14,16). The predicted molar refractivity (Wildman–Crippen MR) is 72.8 cm³/mol. The minimum Gasteiger partial charge on any atom is -0.370 e. The number of rotatable bonds is 2. The molecule has 92 valence electrons. The zero-order valence-electron chi connectivity index (χ0n) is 9.48. The molecule has 0 saturated carbocycles. The Morgan fingerprint density at radius 3 is 2.59 bits per heavy atom. The monoisotopic (exact) mass is 272 g/mol. The third-order valence-corrected chi connectivity index (χ3v) is 3.06. The van der Waals surface area contributed by atoms with Gasteiger partial charge in [0.05, 0.1) is 10.7 Å². The Balaban J connectivity index is 3.00. The number of thioether (sulfide) groups is 1. The third kappa shape index (κ3) is 3.54. The van der Waals surface area contributed by atoms with Crippen molar-refractivity contribution in [3.8, 4) is 0 Å². The Hall–Kier alpha value is -1.40. The second kappa shape index (κ2) is 5.79. The van der Waals surface area contributed by atoms with Gasteiger partial charge in [0, 0.05) is 11.9 Å². The minimum absolute atomic E-state index is 0.279. The first-order chi connectivity index (χ1) is 7.95. The van der Waals surface area contributed by atoms with Gasteiger partial charge in [0.2, 0.25) is 0 Å². The Morgan fingerprint density at radius 2 is 2.12 bits per heavy atom. The second-order valence-corrected chi connectivity index (χ2v) is 4.48. The summed E-state index contributed by atoms with van der Waals surface area (Å²) in [5.74, 6) is -0.279. The molecule has 0 saturated heterocycles. The van der Waals surface area contributed by atoms with Gasteiger partial charge in [0.1, 0.15) is 0 Å². The van der Waals surface area contributed by atoms with Crippen molar-refractivity contribution in [3.63, 3.8) is 0 Å². The highest BCUT2D eigenvalue weighted by Gasteiger charge is 2.13. The number of hydrogen-bond donors (Lipinski definition) is 2. The fourth-order valence-electron chi connectivity index (χ4n) is 1.18. The lowest BCUT2D eigenvalue weighted by Gasteiger charge is -2.16. The molecule has 0 spiro atoms. The van der Waals surface area contributed by atoms with Crippen LogP contribution in [0.5, 0.6) is 0 Å². The van der Waals surface area contributed by atoms with Gasteiger partial charge in [-0.3, -0.25) is 4.90 Å². The molecule has 17 heavy (non-hydrogen) atoms. The SMILES string of the molecule is CSc1ccc(N(C)C(=O)N=C(N)N)c(Cl)c1. The highest BCUT2D eigenvalue weighted by atomic mass is 35.5. The molecule has 0 unspecified atom stereocenters. The van der Waals surface area contributed by atoms with Gasteiger partial charge >= 0.3 is 6.03 Å². The number of anilines is 1. The van der Waals surface area contributed by atoms with E-state index in [2.05, 4.69) is 4.99 Å². The molecule has 0 bridgehead atoms. The maximum absolute atomic E-state index is 11.6. The molecule has 0 aliphatic rings. The quantitative estimate of drug-likeness (QED) is 0.489. The Kier molecular flexibility index (Phi) is 4.65. The molecule has 0 aromatic heterocycles. The number of carbonyl (C=O) groups is 1. The van der Waals surface area contributed by atoms with Crippen LogP contribution >= 0.6 is 23.4 Å². The molecule has 1 aromatic rings. The summed E-state index contributed by atoms with van der Waals surface area (Å²) in [5.41, 5.74) is 10.8. The molecule has 7 heteroatoms. The van der Waals surface area contributed by atoms with Gasteiger partial charge in [-0.1, -0.05) is 11.6 Å². The number of nitrogens with zero attached hydrogens (tertiary/aromatic N) is 2. The van der Waals surface area contributed by atoms with E-state index in [0.29, 0.717) is 10.7 Å². The van der Waals surface area contributed by atoms with Crippen molar-refractivity contribution in [2.24, 2.45) is 16.5 Å². The van der Waals surface area contributed by atoms with Crippen molar-refractivity contribution >= 4 is 41.0 Å². The van der Waals surface area contributed by atoms with Crippen molar-refractivity contribution in [2.45, 2.75) is 4.90 Å². The van der Waals surface area contributed by atoms with Crippen LogP contribution in [0.15, 0.2) is 28.1 Å².